The Kier molecular flexibility index (Phi) is 3.62. The number of ether oxygens (including phenoxy) is 2. The van der Waals surface area contributed by atoms with Gasteiger partial charge >= 0.3 is 5.97 Å². The van der Waals surface area contributed by atoms with Crippen molar-refractivity contribution in [2.24, 2.45) is 5.92 Å². The van der Waals surface area contributed by atoms with Crippen molar-refractivity contribution in [3.8, 4) is 0 Å². The molecule has 2 unspecified atom stereocenters. The van der Waals surface area contributed by atoms with Crippen LogP contribution in [-0.4, -0.2) is 36.0 Å². The molecule has 1 N–H and O–H groups in total. The average Bonchev–Trinajstić information content (AvgIpc) is 2.41. The van der Waals surface area contributed by atoms with Crippen molar-refractivity contribution >= 4 is 5.97 Å². The van der Waals surface area contributed by atoms with Crippen LogP contribution in [0.15, 0.2) is 0 Å². The summed E-state index contributed by atoms with van der Waals surface area (Å²) in [5.41, 5.74) is 0. The van der Waals surface area contributed by atoms with Crippen LogP contribution in [0.4, 0.5) is 8.78 Å². The summed E-state index contributed by atoms with van der Waals surface area (Å²) in [6, 6.07) is 0. The molecule has 0 radical (unpaired) electrons. The van der Waals surface area contributed by atoms with Crippen LogP contribution < -0.4 is 0 Å². The fraction of sp³-hybridized carbons (Fsp3) is 0.889. The minimum absolute atomic E-state index is 0.00921. The maximum atomic E-state index is 12.6. The number of carbonyl (C=O) groups is 1. The van der Waals surface area contributed by atoms with E-state index in [-0.39, 0.29) is 6.61 Å². The molecule has 1 fully saturated rings. The Morgan fingerprint density at radius 1 is 1.60 bits per heavy atom. The maximum Gasteiger partial charge on any atom is 0.303 e. The fourth-order valence-electron chi connectivity index (χ4n) is 1.51. The van der Waals surface area contributed by atoms with Crippen LogP contribution in [0.1, 0.15) is 20.3 Å². The Morgan fingerprint density at radius 2 is 2.20 bits per heavy atom. The summed E-state index contributed by atoms with van der Waals surface area (Å²) < 4.78 is 35.5. The summed E-state index contributed by atoms with van der Waals surface area (Å²) in [6.45, 7) is 3.22. The zero-order chi connectivity index (χ0) is 11.6. The quantitative estimate of drug-likeness (QED) is 0.786. The first-order valence-corrected chi connectivity index (χ1v) is 4.63. The van der Waals surface area contributed by atoms with Gasteiger partial charge in [0.05, 0.1) is 25.0 Å². The molecular weight excluding hydrogens is 210 g/mol. The number of carboxylic acids is 1. The van der Waals surface area contributed by atoms with Crippen LogP contribution in [0.25, 0.3) is 0 Å². The van der Waals surface area contributed by atoms with Gasteiger partial charge in [-0.3, -0.25) is 4.79 Å². The van der Waals surface area contributed by atoms with E-state index >= 15 is 0 Å². The van der Waals surface area contributed by atoms with E-state index in [0.29, 0.717) is 0 Å². The summed E-state index contributed by atoms with van der Waals surface area (Å²) in [5.74, 6) is -3.48. The van der Waals surface area contributed by atoms with Crippen molar-refractivity contribution in [1.29, 1.82) is 0 Å². The lowest BCUT2D eigenvalue weighted by atomic mass is 10.00. The van der Waals surface area contributed by atoms with Gasteiger partial charge in [0.15, 0.2) is 5.79 Å². The first-order chi connectivity index (χ1) is 6.82. The van der Waals surface area contributed by atoms with E-state index in [9.17, 15) is 13.6 Å². The number of alkyl halides is 2. The zero-order valence-corrected chi connectivity index (χ0v) is 8.57. The van der Waals surface area contributed by atoms with Crippen LogP contribution >= 0.6 is 0 Å². The minimum atomic E-state index is -2.72. The third-order valence-electron chi connectivity index (χ3n) is 2.24. The SMILES string of the molecule is CC1(C)OCC(C(CC(=O)O)C(F)F)O1. The Balaban J connectivity index is 2.62. The lowest BCUT2D eigenvalue weighted by Crippen LogP contribution is -2.32. The molecule has 0 amide bonds. The molecule has 0 spiro atoms. The standard InChI is InChI=1S/C9H14F2O4/c1-9(2)14-4-6(15-9)5(8(10)11)3-7(12)13/h5-6,8H,3-4H2,1-2H3,(H,12,13). The number of aliphatic carboxylic acids is 1. The monoisotopic (exact) mass is 224 g/mol. The van der Waals surface area contributed by atoms with Crippen LogP contribution in [0.3, 0.4) is 0 Å². The van der Waals surface area contributed by atoms with Gasteiger partial charge in [0.2, 0.25) is 6.43 Å². The van der Waals surface area contributed by atoms with E-state index in [0.717, 1.165) is 0 Å². The molecule has 88 valence electrons. The van der Waals surface area contributed by atoms with E-state index in [1.165, 1.54) is 0 Å². The molecule has 0 aromatic rings. The van der Waals surface area contributed by atoms with Gasteiger partial charge in [-0.15, -0.1) is 0 Å². The van der Waals surface area contributed by atoms with Gasteiger partial charge < -0.3 is 14.6 Å². The smallest absolute Gasteiger partial charge is 0.303 e. The van der Waals surface area contributed by atoms with Crippen molar-refractivity contribution < 1.29 is 28.2 Å². The summed E-state index contributed by atoms with van der Waals surface area (Å²) in [7, 11) is 0. The third kappa shape index (κ3) is 3.39. The average molecular weight is 224 g/mol. The van der Waals surface area contributed by atoms with E-state index < -0.39 is 36.6 Å². The summed E-state index contributed by atoms with van der Waals surface area (Å²) in [6.07, 6.45) is -4.18. The van der Waals surface area contributed by atoms with Crippen LogP contribution in [0.5, 0.6) is 0 Å². The lowest BCUT2D eigenvalue weighted by molar-refractivity contribution is -0.158. The van der Waals surface area contributed by atoms with E-state index in [1.54, 1.807) is 13.8 Å². The van der Waals surface area contributed by atoms with Crippen molar-refractivity contribution in [2.45, 2.75) is 38.6 Å². The fourth-order valence-corrected chi connectivity index (χ4v) is 1.51. The molecule has 2 atom stereocenters. The highest BCUT2D eigenvalue weighted by Gasteiger charge is 2.41. The van der Waals surface area contributed by atoms with Gasteiger partial charge in [0.25, 0.3) is 0 Å². The third-order valence-corrected chi connectivity index (χ3v) is 2.24. The number of halogens is 2. The highest BCUT2D eigenvalue weighted by atomic mass is 19.3. The summed E-state index contributed by atoms with van der Waals surface area (Å²) >= 11 is 0. The number of rotatable bonds is 4. The first-order valence-electron chi connectivity index (χ1n) is 4.63. The van der Waals surface area contributed by atoms with Crippen LogP contribution in [0, 0.1) is 5.92 Å². The molecule has 0 aliphatic carbocycles. The minimum Gasteiger partial charge on any atom is -0.481 e. The molecular formula is C9H14F2O4. The second kappa shape index (κ2) is 4.40. The lowest BCUT2D eigenvalue weighted by Gasteiger charge is -2.22. The highest BCUT2D eigenvalue weighted by molar-refractivity contribution is 5.67. The largest absolute Gasteiger partial charge is 0.481 e. The maximum absolute atomic E-state index is 12.6. The van der Waals surface area contributed by atoms with E-state index in [4.69, 9.17) is 14.6 Å². The van der Waals surface area contributed by atoms with Crippen molar-refractivity contribution in [2.75, 3.05) is 6.61 Å². The molecule has 6 heteroatoms. The first kappa shape index (κ1) is 12.3. The molecule has 15 heavy (non-hydrogen) atoms. The summed E-state index contributed by atoms with van der Waals surface area (Å²) in [4.78, 5) is 10.4. The Morgan fingerprint density at radius 3 is 2.53 bits per heavy atom. The number of carboxylic acid groups (broad SMARTS) is 1. The predicted molar refractivity (Wildman–Crippen MR) is 46.7 cm³/mol. The molecule has 0 aromatic carbocycles. The second-order valence-electron chi connectivity index (χ2n) is 3.96. The van der Waals surface area contributed by atoms with Gasteiger partial charge in [-0.25, -0.2) is 8.78 Å². The summed E-state index contributed by atoms with van der Waals surface area (Å²) in [5, 5.41) is 8.49. The Labute approximate surface area is 86.2 Å². The molecule has 0 bridgehead atoms. The normalized spacial score (nSPS) is 26.9. The molecule has 0 saturated carbocycles. The molecule has 4 nitrogen and oxygen atoms in total. The predicted octanol–water partition coefficient (Wildman–Crippen LogP) is 1.49. The van der Waals surface area contributed by atoms with Gasteiger partial charge in [-0.2, -0.15) is 0 Å². The molecule has 0 aromatic heterocycles. The van der Waals surface area contributed by atoms with Crippen LogP contribution in [0.2, 0.25) is 0 Å². The van der Waals surface area contributed by atoms with Gasteiger partial charge in [0.1, 0.15) is 0 Å². The van der Waals surface area contributed by atoms with E-state index in [1.807, 2.05) is 0 Å². The van der Waals surface area contributed by atoms with Crippen molar-refractivity contribution in [3.05, 3.63) is 0 Å². The Bertz CT molecular complexity index is 242. The van der Waals surface area contributed by atoms with Crippen molar-refractivity contribution in [3.63, 3.8) is 0 Å². The molecule has 1 rings (SSSR count). The highest BCUT2D eigenvalue weighted by Crippen LogP contribution is 2.31. The second-order valence-corrected chi connectivity index (χ2v) is 3.96. The zero-order valence-electron chi connectivity index (χ0n) is 8.57. The molecule has 1 aliphatic rings. The van der Waals surface area contributed by atoms with E-state index in [2.05, 4.69) is 0 Å². The van der Waals surface area contributed by atoms with Crippen molar-refractivity contribution in [1.82, 2.24) is 0 Å². The van der Waals surface area contributed by atoms with Gasteiger partial charge in [-0.1, -0.05) is 0 Å². The van der Waals surface area contributed by atoms with Gasteiger partial charge in [0, 0.05) is 0 Å². The van der Waals surface area contributed by atoms with Crippen LogP contribution in [-0.2, 0) is 14.3 Å². The number of hydrogen-bond donors (Lipinski definition) is 1. The topological polar surface area (TPSA) is 55.8 Å². The Hall–Kier alpha value is -0.750. The molecule has 1 aliphatic heterocycles. The van der Waals surface area contributed by atoms with Gasteiger partial charge in [-0.05, 0) is 13.8 Å². The molecule has 1 heterocycles. The number of hydrogen-bond acceptors (Lipinski definition) is 3. The molecule has 1 saturated heterocycles.